The van der Waals surface area contributed by atoms with Gasteiger partial charge in [-0.25, -0.2) is 0 Å². The minimum Gasteiger partial charge on any atom is -0.495 e. The van der Waals surface area contributed by atoms with Crippen molar-refractivity contribution in [2.75, 3.05) is 7.11 Å². The Morgan fingerprint density at radius 2 is 2.21 bits per heavy atom. The molecule has 2 rings (SSSR count). The summed E-state index contributed by atoms with van der Waals surface area (Å²) in [5.41, 5.74) is 1.81. The van der Waals surface area contributed by atoms with E-state index in [1.165, 1.54) is 0 Å². The molecule has 0 saturated carbocycles. The van der Waals surface area contributed by atoms with Crippen LogP contribution in [0.2, 0.25) is 5.02 Å². The van der Waals surface area contributed by atoms with Crippen LogP contribution < -0.4 is 4.74 Å². The lowest BCUT2D eigenvalue weighted by atomic mass is 10.1. The Hall–Kier alpha value is -1.81. The van der Waals surface area contributed by atoms with Crippen LogP contribution in [0.25, 0.3) is 10.9 Å². The van der Waals surface area contributed by atoms with Crippen molar-refractivity contribution in [3.05, 3.63) is 35.0 Å². The van der Waals surface area contributed by atoms with E-state index in [0.29, 0.717) is 23.6 Å². The minimum absolute atomic E-state index is 0.169. The Balaban J connectivity index is 2.24. The molecule has 4 nitrogen and oxygen atoms in total. The van der Waals surface area contributed by atoms with Gasteiger partial charge >= 0.3 is 5.97 Å². The second-order valence-electron chi connectivity index (χ2n) is 4.27. The molecule has 0 bridgehead atoms. The van der Waals surface area contributed by atoms with Crippen molar-refractivity contribution in [1.29, 1.82) is 0 Å². The third-order valence-corrected chi connectivity index (χ3v) is 3.16. The Kier molecular flexibility index (Phi) is 4.22. The van der Waals surface area contributed by atoms with Crippen LogP contribution in [0.3, 0.4) is 0 Å². The number of halogens is 1. The van der Waals surface area contributed by atoms with Gasteiger partial charge in [0.1, 0.15) is 5.75 Å². The van der Waals surface area contributed by atoms with E-state index in [-0.39, 0.29) is 6.42 Å². The normalized spacial score (nSPS) is 10.6. The van der Waals surface area contributed by atoms with Gasteiger partial charge in [-0.3, -0.25) is 9.78 Å². The quantitative estimate of drug-likeness (QED) is 0.912. The first-order chi connectivity index (χ1) is 9.10. The molecule has 0 aliphatic rings. The summed E-state index contributed by atoms with van der Waals surface area (Å²) in [5, 5.41) is 10.1. The van der Waals surface area contributed by atoms with E-state index in [1.54, 1.807) is 19.4 Å². The van der Waals surface area contributed by atoms with Crippen molar-refractivity contribution >= 4 is 28.5 Å². The number of fused-ring (bicyclic) bond motifs is 1. The molecule has 0 aliphatic carbocycles. The van der Waals surface area contributed by atoms with Crippen molar-refractivity contribution in [2.24, 2.45) is 0 Å². The maximum atomic E-state index is 10.5. The van der Waals surface area contributed by atoms with E-state index < -0.39 is 5.97 Å². The van der Waals surface area contributed by atoms with Gasteiger partial charge < -0.3 is 9.84 Å². The van der Waals surface area contributed by atoms with E-state index in [4.69, 9.17) is 21.4 Å². The molecule has 1 heterocycles. The van der Waals surface area contributed by atoms with Crippen LogP contribution >= 0.6 is 11.6 Å². The number of carboxylic acid groups (broad SMARTS) is 1. The molecular weight excluding hydrogens is 266 g/mol. The predicted octanol–water partition coefficient (Wildman–Crippen LogP) is 3.30. The standard InChI is InChI=1S/C14H14ClNO3/c1-19-13-6-10-5-9(3-2-4-14(17)18)8-16-12(10)7-11(13)15/h5-8H,2-4H2,1H3,(H,17,18). The molecule has 2 aromatic rings. The number of aliphatic carboxylic acids is 1. The van der Waals surface area contributed by atoms with E-state index in [2.05, 4.69) is 4.98 Å². The highest BCUT2D eigenvalue weighted by molar-refractivity contribution is 6.32. The van der Waals surface area contributed by atoms with Gasteiger partial charge in [0.05, 0.1) is 17.6 Å². The van der Waals surface area contributed by atoms with Crippen molar-refractivity contribution in [1.82, 2.24) is 4.98 Å². The molecule has 0 fully saturated rings. The van der Waals surface area contributed by atoms with Gasteiger partial charge in [-0.2, -0.15) is 0 Å². The van der Waals surface area contributed by atoms with Gasteiger partial charge in [-0.05, 0) is 36.6 Å². The number of pyridine rings is 1. The highest BCUT2D eigenvalue weighted by Crippen LogP contribution is 2.29. The van der Waals surface area contributed by atoms with Crippen molar-refractivity contribution < 1.29 is 14.6 Å². The molecule has 100 valence electrons. The second kappa shape index (κ2) is 5.89. The minimum atomic E-state index is -0.776. The molecule has 5 heteroatoms. The highest BCUT2D eigenvalue weighted by atomic mass is 35.5. The summed E-state index contributed by atoms with van der Waals surface area (Å²) in [6, 6.07) is 5.59. The topological polar surface area (TPSA) is 59.4 Å². The molecule has 0 amide bonds. The zero-order valence-electron chi connectivity index (χ0n) is 10.5. The first-order valence-electron chi connectivity index (χ1n) is 5.94. The SMILES string of the molecule is COc1cc2cc(CCCC(=O)O)cnc2cc1Cl. The average molecular weight is 280 g/mol. The highest BCUT2D eigenvalue weighted by Gasteiger charge is 2.06. The maximum absolute atomic E-state index is 10.5. The molecule has 19 heavy (non-hydrogen) atoms. The van der Waals surface area contributed by atoms with E-state index in [1.807, 2.05) is 12.1 Å². The Morgan fingerprint density at radius 3 is 2.89 bits per heavy atom. The largest absolute Gasteiger partial charge is 0.495 e. The van der Waals surface area contributed by atoms with Gasteiger partial charge in [0, 0.05) is 18.0 Å². The molecular formula is C14H14ClNO3. The fourth-order valence-electron chi connectivity index (χ4n) is 1.91. The molecule has 0 radical (unpaired) electrons. The van der Waals surface area contributed by atoms with Crippen molar-refractivity contribution in [3.8, 4) is 5.75 Å². The van der Waals surface area contributed by atoms with Gasteiger partial charge in [-0.1, -0.05) is 11.6 Å². The van der Waals surface area contributed by atoms with Crippen LogP contribution in [0, 0.1) is 0 Å². The number of ether oxygens (including phenoxy) is 1. The van der Waals surface area contributed by atoms with E-state index in [9.17, 15) is 4.79 Å². The summed E-state index contributed by atoms with van der Waals surface area (Å²) in [7, 11) is 1.57. The van der Waals surface area contributed by atoms with Crippen LogP contribution in [-0.4, -0.2) is 23.2 Å². The van der Waals surface area contributed by atoms with Crippen LogP contribution in [0.5, 0.6) is 5.75 Å². The van der Waals surface area contributed by atoms with E-state index in [0.717, 1.165) is 16.5 Å². The van der Waals surface area contributed by atoms with Crippen LogP contribution in [0.1, 0.15) is 18.4 Å². The number of nitrogens with zero attached hydrogens (tertiary/aromatic N) is 1. The van der Waals surface area contributed by atoms with Gasteiger partial charge in [-0.15, -0.1) is 0 Å². The summed E-state index contributed by atoms with van der Waals surface area (Å²) >= 11 is 6.03. The second-order valence-corrected chi connectivity index (χ2v) is 4.68. The monoisotopic (exact) mass is 279 g/mol. The molecule has 0 spiro atoms. The predicted molar refractivity (Wildman–Crippen MR) is 73.9 cm³/mol. The first kappa shape index (κ1) is 13.6. The molecule has 1 aromatic carbocycles. The fraction of sp³-hybridized carbons (Fsp3) is 0.286. The van der Waals surface area contributed by atoms with Gasteiger partial charge in [0.2, 0.25) is 0 Å². The Morgan fingerprint density at radius 1 is 1.42 bits per heavy atom. The summed E-state index contributed by atoms with van der Waals surface area (Å²) in [5.74, 6) is -0.166. The Labute approximate surface area is 116 Å². The molecule has 0 saturated heterocycles. The smallest absolute Gasteiger partial charge is 0.303 e. The number of methoxy groups -OCH3 is 1. The maximum Gasteiger partial charge on any atom is 0.303 e. The number of hydrogen-bond acceptors (Lipinski definition) is 3. The molecule has 0 aliphatic heterocycles. The lowest BCUT2D eigenvalue weighted by Gasteiger charge is -2.06. The molecule has 1 N–H and O–H groups in total. The average Bonchev–Trinajstić information content (AvgIpc) is 2.37. The van der Waals surface area contributed by atoms with Crippen molar-refractivity contribution in [3.63, 3.8) is 0 Å². The zero-order chi connectivity index (χ0) is 13.8. The molecule has 1 aromatic heterocycles. The summed E-state index contributed by atoms with van der Waals surface area (Å²) in [6.07, 6.45) is 3.22. The lowest BCUT2D eigenvalue weighted by molar-refractivity contribution is -0.137. The van der Waals surface area contributed by atoms with Crippen LogP contribution in [-0.2, 0) is 11.2 Å². The zero-order valence-corrected chi connectivity index (χ0v) is 11.3. The number of rotatable bonds is 5. The number of aryl methyl sites for hydroxylation is 1. The third kappa shape index (κ3) is 3.35. The number of hydrogen-bond donors (Lipinski definition) is 1. The number of carboxylic acids is 1. The fourth-order valence-corrected chi connectivity index (χ4v) is 2.15. The van der Waals surface area contributed by atoms with Gasteiger partial charge in [0.25, 0.3) is 0 Å². The van der Waals surface area contributed by atoms with E-state index >= 15 is 0 Å². The number of carbonyl (C=O) groups is 1. The summed E-state index contributed by atoms with van der Waals surface area (Å²) in [4.78, 5) is 14.8. The summed E-state index contributed by atoms with van der Waals surface area (Å²) in [6.45, 7) is 0. The van der Waals surface area contributed by atoms with Crippen LogP contribution in [0.15, 0.2) is 24.4 Å². The Bertz CT molecular complexity index is 613. The first-order valence-corrected chi connectivity index (χ1v) is 6.32. The molecule has 0 atom stereocenters. The third-order valence-electron chi connectivity index (χ3n) is 2.87. The van der Waals surface area contributed by atoms with Crippen LogP contribution in [0.4, 0.5) is 0 Å². The lowest BCUT2D eigenvalue weighted by Crippen LogP contribution is -1.96. The number of benzene rings is 1. The van der Waals surface area contributed by atoms with Gasteiger partial charge in [0.15, 0.2) is 0 Å². The molecule has 0 unspecified atom stereocenters. The number of aromatic nitrogens is 1. The summed E-state index contributed by atoms with van der Waals surface area (Å²) < 4.78 is 5.17. The van der Waals surface area contributed by atoms with Crippen molar-refractivity contribution in [2.45, 2.75) is 19.3 Å².